The maximum Gasteiger partial charge on any atom is 0.270 e. The molecule has 0 amide bonds. The summed E-state index contributed by atoms with van der Waals surface area (Å²) in [6, 6.07) is 5.47. The Morgan fingerprint density at radius 2 is 2.25 bits per heavy atom. The van der Waals surface area contributed by atoms with Gasteiger partial charge in [0.25, 0.3) is 5.69 Å². The molecule has 0 aliphatic heterocycles. The van der Waals surface area contributed by atoms with Gasteiger partial charge in [-0.3, -0.25) is 15.0 Å². The van der Waals surface area contributed by atoms with E-state index in [2.05, 4.69) is 27.9 Å². The molecule has 1 aliphatic carbocycles. The molecule has 5 nitrogen and oxygen atoms in total. The van der Waals surface area contributed by atoms with Gasteiger partial charge < -0.3 is 5.73 Å². The molecule has 0 aromatic heterocycles. The molecule has 0 spiro atoms. The summed E-state index contributed by atoms with van der Waals surface area (Å²) in [6.45, 7) is 1.51. The standard InChI is InChI=1S/C14H20BrN3O2/c1-17(14-4-2-3-10(14)8-16)9-11-5-6-12(18(19)20)7-13(11)15/h5-7,10,14H,2-4,8-9,16H2,1H3. The molecule has 0 bridgehead atoms. The van der Waals surface area contributed by atoms with Gasteiger partial charge in [-0.1, -0.05) is 22.4 Å². The minimum Gasteiger partial charge on any atom is -0.330 e. The van der Waals surface area contributed by atoms with Gasteiger partial charge in [0.05, 0.1) is 4.92 Å². The molecule has 0 heterocycles. The number of hydrogen-bond acceptors (Lipinski definition) is 4. The topological polar surface area (TPSA) is 72.4 Å². The van der Waals surface area contributed by atoms with Crippen LogP contribution in [0.25, 0.3) is 0 Å². The largest absolute Gasteiger partial charge is 0.330 e. The lowest BCUT2D eigenvalue weighted by atomic mass is 10.0. The third-order valence-corrected chi connectivity index (χ3v) is 4.89. The Kier molecular flexibility index (Phi) is 5.12. The predicted octanol–water partition coefficient (Wildman–Crippen LogP) is 2.92. The van der Waals surface area contributed by atoms with E-state index in [1.165, 1.54) is 19.3 Å². The smallest absolute Gasteiger partial charge is 0.270 e. The fourth-order valence-electron chi connectivity index (χ4n) is 3.04. The van der Waals surface area contributed by atoms with Gasteiger partial charge in [-0.25, -0.2) is 0 Å². The highest BCUT2D eigenvalue weighted by molar-refractivity contribution is 9.10. The molecule has 0 saturated heterocycles. The fourth-order valence-corrected chi connectivity index (χ4v) is 3.53. The van der Waals surface area contributed by atoms with Gasteiger partial charge in [0.1, 0.15) is 0 Å². The van der Waals surface area contributed by atoms with Gasteiger partial charge in [-0.15, -0.1) is 0 Å². The second-order valence-electron chi connectivity index (χ2n) is 5.44. The number of nitro groups is 1. The van der Waals surface area contributed by atoms with Crippen molar-refractivity contribution in [3.8, 4) is 0 Å². The molecule has 1 aliphatic rings. The van der Waals surface area contributed by atoms with Crippen LogP contribution in [0.1, 0.15) is 24.8 Å². The van der Waals surface area contributed by atoms with E-state index in [0.29, 0.717) is 12.0 Å². The lowest BCUT2D eigenvalue weighted by Crippen LogP contribution is -2.37. The van der Waals surface area contributed by atoms with E-state index in [1.54, 1.807) is 12.1 Å². The first-order chi connectivity index (χ1) is 9.52. The van der Waals surface area contributed by atoms with Gasteiger partial charge in [0, 0.05) is 29.2 Å². The zero-order valence-electron chi connectivity index (χ0n) is 11.6. The number of rotatable bonds is 5. The molecule has 2 atom stereocenters. The Morgan fingerprint density at radius 1 is 1.50 bits per heavy atom. The highest BCUT2D eigenvalue weighted by Gasteiger charge is 2.29. The maximum absolute atomic E-state index is 10.7. The van der Waals surface area contributed by atoms with E-state index in [4.69, 9.17) is 5.73 Å². The molecule has 2 unspecified atom stereocenters. The monoisotopic (exact) mass is 341 g/mol. The molecule has 1 fully saturated rings. The summed E-state index contributed by atoms with van der Waals surface area (Å²) in [6.07, 6.45) is 3.62. The molecule has 2 N–H and O–H groups in total. The van der Waals surface area contributed by atoms with E-state index >= 15 is 0 Å². The summed E-state index contributed by atoms with van der Waals surface area (Å²) in [5.41, 5.74) is 7.01. The average Bonchev–Trinajstić information content (AvgIpc) is 2.89. The molecule has 110 valence electrons. The van der Waals surface area contributed by atoms with Crippen molar-refractivity contribution in [1.82, 2.24) is 4.90 Å². The fraction of sp³-hybridized carbons (Fsp3) is 0.571. The first-order valence-electron chi connectivity index (χ1n) is 6.86. The summed E-state index contributed by atoms with van der Waals surface area (Å²) in [4.78, 5) is 12.7. The van der Waals surface area contributed by atoms with Crippen LogP contribution in [0.3, 0.4) is 0 Å². The van der Waals surface area contributed by atoms with E-state index in [0.717, 1.165) is 23.1 Å². The summed E-state index contributed by atoms with van der Waals surface area (Å²) in [5.74, 6) is 0.567. The number of nitrogens with zero attached hydrogens (tertiary/aromatic N) is 2. The van der Waals surface area contributed by atoms with Crippen LogP contribution in [-0.2, 0) is 6.54 Å². The molecule has 6 heteroatoms. The number of hydrogen-bond donors (Lipinski definition) is 1. The lowest BCUT2D eigenvalue weighted by molar-refractivity contribution is -0.384. The van der Waals surface area contributed by atoms with Crippen LogP contribution >= 0.6 is 15.9 Å². The zero-order chi connectivity index (χ0) is 14.7. The molecule has 1 saturated carbocycles. The quantitative estimate of drug-likeness (QED) is 0.660. The van der Waals surface area contributed by atoms with E-state index in [-0.39, 0.29) is 10.6 Å². The number of non-ortho nitro benzene ring substituents is 1. The molecule has 2 rings (SSSR count). The number of nitrogens with two attached hydrogens (primary N) is 1. The summed E-state index contributed by atoms with van der Waals surface area (Å²) >= 11 is 3.43. The Balaban J connectivity index is 2.07. The maximum atomic E-state index is 10.7. The zero-order valence-corrected chi connectivity index (χ0v) is 13.2. The van der Waals surface area contributed by atoms with Crippen molar-refractivity contribution in [3.63, 3.8) is 0 Å². The van der Waals surface area contributed by atoms with Crippen LogP contribution in [0.5, 0.6) is 0 Å². The van der Waals surface area contributed by atoms with Crippen LogP contribution in [-0.4, -0.2) is 29.5 Å². The minimum atomic E-state index is -0.375. The second-order valence-corrected chi connectivity index (χ2v) is 6.30. The number of halogens is 1. The van der Waals surface area contributed by atoms with Gasteiger partial charge >= 0.3 is 0 Å². The Morgan fingerprint density at radius 3 is 2.85 bits per heavy atom. The first kappa shape index (κ1) is 15.4. The van der Waals surface area contributed by atoms with Crippen molar-refractivity contribution in [1.29, 1.82) is 0 Å². The first-order valence-corrected chi connectivity index (χ1v) is 7.65. The lowest BCUT2D eigenvalue weighted by Gasteiger charge is -2.29. The van der Waals surface area contributed by atoms with Crippen LogP contribution in [0.2, 0.25) is 0 Å². The van der Waals surface area contributed by atoms with Crippen molar-refractivity contribution in [2.75, 3.05) is 13.6 Å². The summed E-state index contributed by atoms with van der Waals surface area (Å²) < 4.78 is 0.792. The Bertz CT molecular complexity index is 495. The van der Waals surface area contributed by atoms with E-state index in [9.17, 15) is 10.1 Å². The van der Waals surface area contributed by atoms with E-state index < -0.39 is 0 Å². The molecular weight excluding hydrogens is 322 g/mol. The van der Waals surface area contributed by atoms with Crippen molar-refractivity contribution in [3.05, 3.63) is 38.3 Å². The van der Waals surface area contributed by atoms with Gasteiger partial charge in [-0.05, 0) is 44.0 Å². The van der Waals surface area contributed by atoms with Crippen LogP contribution in [0.4, 0.5) is 5.69 Å². The van der Waals surface area contributed by atoms with Crippen molar-refractivity contribution >= 4 is 21.6 Å². The van der Waals surface area contributed by atoms with Crippen LogP contribution in [0, 0.1) is 16.0 Å². The summed E-state index contributed by atoms with van der Waals surface area (Å²) in [5, 5.41) is 10.7. The third-order valence-electron chi connectivity index (χ3n) is 4.16. The van der Waals surface area contributed by atoms with Crippen molar-refractivity contribution in [2.24, 2.45) is 11.7 Å². The predicted molar refractivity (Wildman–Crippen MR) is 82.4 cm³/mol. The van der Waals surface area contributed by atoms with E-state index in [1.807, 2.05) is 6.07 Å². The van der Waals surface area contributed by atoms with Crippen molar-refractivity contribution in [2.45, 2.75) is 31.8 Å². The second kappa shape index (κ2) is 6.65. The van der Waals surface area contributed by atoms with Gasteiger partial charge in [0.2, 0.25) is 0 Å². The third kappa shape index (κ3) is 3.37. The number of benzene rings is 1. The molecule has 1 aromatic carbocycles. The molecular formula is C14H20BrN3O2. The van der Waals surface area contributed by atoms with Crippen molar-refractivity contribution < 1.29 is 4.92 Å². The van der Waals surface area contributed by atoms with Crippen LogP contribution in [0.15, 0.2) is 22.7 Å². The molecule has 20 heavy (non-hydrogen) atoms. The molecule has 0 radical (unpaired) electrons. The van der Waals surface area contributed by atoms with Gasteiger partial charge in [-0.2, -0.15) is 0 Å². The van der Waals surface area contributed by atoms with Crippen LogP contribution < -0.4 is 5.73 Å². The average molecular weight is 342 g/mol. The SMILES string of the molecule is CN(Cc1ccc([N+](=O)[O-])cc1Br)C1CCCC1CN. The van der Waals surface area contributed by atoms with Gasteiger partial charge in [0.15, 0.2) is 0 Å². The number of nitro benzene ring substituents is 1. The normalized spacial score (nSPS) is 22.4. The Hall–Kier alpha value is -0.980. The minimum absolute atomic E-state index is 0.115. The summed E-state index contributed by atoms with van der Waals surface area (Å²) in [7, 11) is 2.10. The Labute approximate surface area is 127 Å². The highest BCUT2D eigenvalue weighted by atomic mass is 79.9. The molecule has 1 aromatic rings. The highest BCUT2D eigenvalue weighted by Crippen LogP contribution is 2.31.